The lowest BCUT2D eigenvalue weighted by Gasteiger charge is -2.12. The highest BCUT2D eigenvalue weighted by atomic mass is 32.1. The Hall–Kier alpha value is -3.52. The van der Waals surface area contributed by atoms with Gasteiger partial charge in [-0.05, 0) is 47.6 Å². The van der Waals surface area contributed by atoms with Crippen LogP contribution in [0.5, 0.6) is 0 Å². The Morgan fingerprint density at radius 1 is 1.17 bits per heavy atom. The molecule has 29 heavy (non-hydrogen) atoms. The Kier molecular flexibility index (Phi) is 5.09. The van der Waals surface area contributed by atoms with Crippen molar-refractivity contribution in [2.75, 3.05) is 6.61 Å². The van der Waals surface area contributed by atoms with Crippen LogP contribution in [-0.2, 0) is 16.0 Å². The first-order valence-corrected chi connectivity index (χ1v) is 9.83. The molecule has 2 aromatic heterocycles. The van der Waals surface area contributed by atoms with Crippen molar-refractivity contribution in [2.45, 2.75) is 12.8 Å². The molecular formula is C21H17N3O4S. The fraction of sp³-hybridized carbons (Fsp3) is 0.143. The van der Waals surface area contributed by atoms with E-state index in [-0.39, 0.29) is 0 Å². The third-order valence-corrected chi connectivity index (χ3v) is 5.42. The van der Waals surface area contributed by atoms with Crippen LogP contribution in [0.15, 0.2) is 41.8 Å². The molecule has 4 rings (SSSR count). The summed E-state index contributed by atoms with van der Waals surface area (Å²) in [5, 5.41) is 4.55. The zero-order valence-corrected chi connectivity index (χ0v) is 16.1. The number of esters is 1. The lowest BCUT2D eigenvalue weighted by molar-refractivity contribution is -0.123. The number of aromatic nitrogens is 1. The molecule has 0 aliphatic heterocycles. The quantitative estimate of drug-likeness (QED) is 0.646. The summed E-state index contributed by atoms with van der Waals surface area (Å²) in [6.45, 7) is -0.592. The number of amides is 3. The van der Waals surface area contributed by atoms with Crippen LogP contribution < -0.4 is 11.1 Å². The number of primary amides is 1. The summed E-state index contributed by atoms with van der Waals surface area (Å²) in [5.74, 6) is -1.41. The van der Waals surface area contributed by atoms with Gasteiger partial charge in [0.2, 0.25) is 0 Å². The van der Waals surface area contributed by atoms with Crippen molar-refractivity contribution >= 4 is 51.8 Å². The van der Waals surface area contributed by atoms with Crippen LogP contribution in [0.3, 0.4) is 0 Å². The molecule has 0 bridgehead atoms. The Balaban J connectivity index is 1.73. The van der Waals surface area contributed by atoms with Gasteiger partial charge in [0.05, 0.1) is 16.8 Å². The number of benzene rings is 1. The van der Waals surface area contributed by atoms with Gasteiger partial charge in [-0.3, -0.25) is 10.1 Å². The maximum absolute atomic E-state index is 12.9. The second kappa shape index (κ2) is 7.84. The lowest BCUT2D eigenvalue weighted by Crippen LogP contribution is -2.37. The predicted octanol–water partition coefficient (Wildman–Crippen LogP) is 3.13. The number of nitrogens with zero attached hydrogens (tertiary/aromatic N) is 1. The number of para-hydroxylation sites is 1. The van der Waals surface area contributed by atoms with Crippen LogP contribution in [0.25, 0.3) is 22.6 Å². The van der Waals surface area contributed by atoms with Crippen molar-refractivity contribution in [2.24, 2.45) is 5.73 Å². The van der Waals surface area contributed by atoms with Crippen LogP contribution in [-0.4, -0.2) is 29.5 Å². The van der Waals surface area contributed by atoms with Gasteiger partial charge in [0, 0.05) is 10.3 Å². The minimum absolute atomic E-state index is 0.409. The Bertz CT molecular complexity index is 1150. The topological polar surface area (TPSA) is 111 Å². The second-order valence-electron chi connectivity index (χ2n) is 6.50. The first-order chi connectivity index (χ1) is 14.0. The largest absolute Gasteiger partial charge is 0.452 e. The normalized spacial score (nSPS) is 14.0. The summed E-state index contributed by atoms with van der Waals surface area (Å²) in [5.41, 5.74) is 8.65. The third-order valence-electron chi connectivity index (χ3n) is 4.60. The number of imide groups is 1. The van der Waals surface area contributed by atoms with E-state index >= 15 is 0 Å². The van der Waals surface area contributed by atoms with Crippen LogP contribution in [0.4, 0.5) is 4.79 Å². The molecular weight excluding hydrogens is 390 g/mol. The number of urea groups is 1. The van der Waals surface area contributed by atoms with Gasteiger partial charge in [0.1, 0.15) is 0 Å². The maximum atomic E-state index is 12.9. The number of allylic oxidation sites excluding steroid dienone is 1. The maximum Gasteiger partial charge on any atom is 0.339 e. The van der Waals surface area contributed by atoms with E-state index in [9.17, 15) is 14.4 Å². The minimum Gasteiger partial charge on any atom is -0.452 e. The first-order valence-electron chi connectivity index (χ1n) is 8.95. The van der Waals surface area contributed by atoms with Crippen molar-refractivity contribution in [3.63, 3.8) is 0 Å². The summed E-state index contributed by atoms with van der Waals surface area (Å²) in [6.07, 6.45) is 3.51. The fourth-order valence-electron chi connectivity index (χ4n) is 3.43. The molecule has 7 nitrogen and oxygen atoms in total. The number of nitrogens with two attached hydrogens (primary N) is 1. The summed E-state index contributed by atoms with van der Waals surface area (Å²) < 4.78 is 5.16. The van der Waals surface area contributed by atoms with Gasteiger partial charge in [0.15, 0.2) is 6.61 Å². The van der Waals surface area contributed by atoms with Crippen LogP contribution in [0, 0.1) is 0 Å². The van der Waals surface area contributed by atoms with E-state index in [1.165, 1.54) is 0 Å². The van der Waals surface area contributed by atoms with Crippen molar-refractivity contribution in [1.29, 1.82) is 0 Å². The van der Waals surface area contributed by atoms with Crippen molar-refractivity contribution in [1.82, 2.24) is 10.3 Å². The molecule has 0 unspecified atom stereocenters. The average Bonchev–Trinajstić information content (AvgIpc) is 3.34. The van der Waals surface area contributed by atoms with E-state index in [2.05, 4.69) is 6.08 Å². The number of hydrogen-bond acceptors (Lipinski definition) is 6. The van der Waals surface area contributed by atoms with Gasteiger partial charge in [-0.25, -0.2) is 14.6 Å². The molecule has 8 heteroatoms. The highest BCUT2D eigenvalue weighted by Crippen LogP contribution is 2.38. The number of ether oxygens (including phenoxy) is 1. The highest BCUT2D eigenvalue weighted by molar-refractivity contribution is 7.10. The molecule has 1 aliphatic rings. The van der Waals surface area contributed by atoms with Gasteiger partial charge >= 0.3 is 12.0 Å². The Morgan fingerprint density at radius 3 is 2.76 bits per heavy atom. The molecule has 0 saturated carbocycles. The molecule has 3 aromatic rings. The summed E-state index contributed by atoms with van der Waals surface area (Å²) >= 11 is 1.64. The zero-order chi connectivity index (χ0) is 20.4. The molecule has 3 N–H and O–H groups in total. The van der Waals surface area contributed by atoms with Crippen LogP contribution >= 0.6 is 11.3 Å². The van der Waals surface area contributed by atoms with Gasteiger partial charge < -0.3 is 10.5 Å². The lowest BCUT2D eigenvalue weighted by atomic mass is 10.0. The van der Waals surface area contributed by atoms with Crippen molar-refractivity contribution < 1.29 is 19.1 Å². The van der Waals surface area contributed by atoms with Gasteiger partial charge in [0.25, 0.3) is 5.91 Å². The molecule has 2 heterocycles. The fourth-order valence-corrected chi connectivity index (χ4v) is 4.12. The number of nitrogens with one attached hydrogen (secondary N) is 1. The van der Waals surface area contributed by atoms with Gasteiger partial charge in [-0.2, -0.15) is 0 Å². The van der Waals surface area contributed by atoms with E-state index in [4.69, 9.17) is 15.5 Å². The van der Waals surface area contributed by atoms with Gasteiger partial charge in [-0.15, -0.1) is 11.3 Å². The number of hydrogen-bond donors (Lipinski definition) is 2. The van der Waals surface area contributed by atoms with E-state index < -0.39 is 24.5 Å². The van der Waals surface area contributed by atoms with Crippen LogP contribution in [0.1, 0.15) is 32.9 Å². The molecule has 1 aromatic carbocycles. The van der Waals surface area contributed by atoms with E-state index in [0.29, 0.717) is 22.9 Å². The molecule has 0 radical (unpaired) electrons. The second-order valence-corrected chi connectivity index (χ2v) is 7.48. The van der Waals surface area contributed by atoms with E-state index in [0.717, 1.165) is 28.1 Å². The highest BCUT2D eigenvalue weighted by Gasteiger charge is 2.28. The van der Waals surface area contributed by atoms with Gasteiger partial charge in [-0.1, -0.05) is 24.3 Å². The standard InChI is InChI=1S/C21H17N3O4S/c22-21(27)24-17(25)11-28-20(26)18-14-5-1-2-6-16(14)23-19-12(7-8-15(18)19)10-13-4-3-9-29-13/h1-6,9-10H,7-8,11H2,(H3,22,24,25,27)/b12-10+. The smallest absolute Gasteiger partial charge is 0.339 e. The number of fused-ring (bicyclic) bond motifs is 2. The number of carbonyl (C=O) groups is 3. The SMILES string of the molecule is NC(=O)NC(=O)COC(=O)c1c2c(nc3ccccc13)/C(=C/c1cccs1)CC2. The molecule has 0 atom stereocenters. The van der Waals surface area contributed by atoms with Crippen molar-refractivity contribution in [3.8, 4) is 0 Å². The number of pyridine rings is 1. The number of carbonyl (C=O) groups excluding carboxylic acids is 3. The first kappa shape index (κ1) is 18.8. The summed E-state index contributed by atoms with van der Waals surface area (Å²) in [7, 11) is 0. The predicted molar refractivity (Wildman–Crippen MR) is 110 cm³/mol. The van der Waals surface area contributed by atoms with Crippen molar-refractivity contribution in [3.05, 3.63) is 63.5 Å². The molecule has 1 aliphatic carbocycles. The molecule has 0 saturated heterocycles. The summed E-state index contributed by atoms with van der Waals surface area (Å²) in [6, 6.07) is 10.4. The monoisotopic (exact) mass is 407 g/mol. The van der Waals surface area contributed by atoms with Crippen LogP contribution in [0.2, 0.25) is 0 Å². The zero-order valence-electron chi connectivity index (χ0n) is 15.3. The summed E-state index contributed by atoms with van der Waals surface area (Å²) in [4.78, 5) is 41.1. The average molecular weight is 407 g/mol. The molecule has 0 spiro atoms. The number of rotatable bonds is 4. The number of thiophene rings is 1. The molecule has 0 fully saturated rings. The Morgan fingerprint density at radius 2 is 2.00 bits per heavy atom. The molecule has 146 valence electrons. The third kappa shape index (κ3) is 3.88. The Labute approximate surface area is 170 Å². The van der Waals surface area contributed by atoms with E-state index in [1.807, 2.05) is 47.1 Å². The minimum atomic E-state index is -0.996. The van der Waals surface area contributed by atoms with E-state index in [1.54, 1.807) is 11.3 Å². The molecule has 3 amide bonds.